The second-order valence-corrected chi connectivity index (χ2v) is 4.46. The van der Waals surface area contributed by atoms with E-state index in [2.05, 4.69) is 29.4 Å². The van der Waals surface area contributed by atoms with Gasteiger partial charge in [-0.25, -0.2) is 0 Å². The lowest BCUT2D eigenvalue weighted by Crippen LogP contribution is -2.35. The Morgan fingerprint density at radius 2 is 2.13 bits per heavy atom. The molecule has 3 N–H and O–H groups in total. The summed E-state index contributed by atoms with van der Waals surface area (Å²) in [4.78, 5) is 0. The minimum Gasteiger partial charge on any atom is -0.390 e. The van der Waals surface area contributed by atoms with Crippen molar-refractivity contribution in [3.63, 3.8) is 0 Å². The largest absolute Gasteiger partial charge is 0.390 e. The molecule has 5 heteroatoms. The number of nitrogens with two attached hydrogens (primary N) is 1. The fraction of sp³-hybridized carbons (Fsp3) is 0.800. The van der Waals surface area contributed by atoms with E-state index in [1.54, 1.807) is 0 Å². The molecule has 0 amide bonds. The first-order valence-corrected chi connectivity index (χ1v) is 5.52. The van der Waals surface area contributed by atoms with Gasteiger partial charge in [0.2, 0.25) is 0 Å². The molecule has 0 radical (unpaired) electrons. The normalized spacial score (nSPS) is 31.5. The Morgan fingerprint density at radius 1 is 1.33 bits per heavy atom. The molecule has 1 fully saturated rings. The highest BCUT2D eigenvalue weighted by atomic mass is 16.4. The van der Waals surface area contributed by atoms with Crippen LogP contribution in [0.15, 0.2) is 4.42 Å². The van der Waals surface area contributed by atoms with Crippen molar-refractivity contribution in [2.75, 3.05) is 11.1 Å². The fourth-order valence-corrected chi connectivity index (χ4v) is 2.24. The van der Waals surface area contributed by atoms with E-state index < -0.39 is 0 Å². The van der Waals surface area contributed by atoms with Crippen molar-refractivity contribution in [3.8, 4) is 0 Å². The van der Waals surface area contributed by atoms with E-state index in [4.69, 9.17) is 10.2 Å². The minimum absolute atomic E-state index is 0.119. The van der Waals surface area contributed by atoms with Crippen LogP contribution in [0.2, 0.25) is 0 Å². The van der Waals surface area contributed by atoms with E-state index in [0.29, 0.717) is 18.0 Å². The highest BCUT2D eigenvalue weighted by molar-refractivity contribution is 5.24. The van der Waals surface area contributed by atoms with Crippen LogP contribution in [0.5, 0.6) is 0 Å². The molecule has 15 heavy (non-hydrogen) atoms. The molecule has 84 valence electrons. The first-order chi connectivity index (χ1) is 7.16. The summed E-state index contributed by atoms with van der Waals surface area (Å²) in [6, 6.07) is 0.987. The molecule has 1 aromatic rings. The van der Waals surface area contributed by atoms with Crippen LogP contribution < -0.4 is 11.1 Å². The number of nitrogens with zero attached hydrogens (tertiary/aromatic N) is 2. The van der Waals surface area contributed by atoms with E-state index in [9.17, 15) is 0 Å². The zero-order valence-corrected chi connectivity index (χ0v) is 9.23. The summed E-state index contributed by atoms with van der Waals surface area (Å²) in [6.45, 7) is 4.56. The Hall–Kier alpha value is -1.26. The molecular formula is C10H18N4O. The Labute approximate surface area is 89.4 Å². The van der Waals surface area contributed by atoms with Crippen LogP contribution in [0.4, 0.5) is 12.0 Å². The number of hydrogen-bond acceptors (Lipinski definition) is 5. The van der Waals surface area contributed by atoms with Gasteiger partial charge in [0.25, 0.3) is 0 Å². The van der Waals surface area contributed by atoms with Crippen LogP contribution >= 0.6 is 0 Å². The Bertz CT molecular complexity index is 325. The SMILES string of the molecule is CC1CCCC(Nc2nnc(N)o2)C1C. The molecule has 5 nitrogen and oxygen atoms in total. The zero-order valence-electron chi connectivity index (χ0n) is 9.23. The van der Waals surface area contributed by atoms with E-state index in [1.165, 1.54) is 12.8 Å². The maximum Gasteiger partial charge on any atom is 0.317 e. The van der Waals surface area contributed by atoms with Crippen molar-refractivity contribution in [2.45, 2.75) is 39.2 Å². The fourth-order valence-electron chi connectivity index (χ4n) is 2.24. The van der Waals surface area contributed by atoms with Crippen LogP contribution in [0, 0.1) is 11.8 Å². The van der Waals surface area contributed by atoms with Crippen molar-refractivity contribution in [1.82, 2.24) is 10.2 Å². The first kappa shape index (κ1) is 10.3. The molecule has 0 aromatic carbocycles. The van der Waals surface area contributed by atoms with Crippen molar-refractivity contribution < 1.29 is 4.42 Å². The molecular weight excluding hydrogens is 192 g/mol. The van der Waals surface area contributed by atoms with Gasteiger partial charge < -0.3 is 15.5 Å². The van der Waals surface area contributed by atoms with Gasteiger partial charge in [0.1, 0.15) is 0 Å². The molecule has 1 saturated carbocycles. The highest BCUT2D eigenvalue weighted by Gasteiger charge is 2.27. The zero-order chi connectivity index (χ0) is 10.8. The Kier molecular flexibility index (Phi) is 2.79. The van der Waals surface area contributed by atoms with Gasteiger partial charge >= 0.3 is 12.0 Å². The third-order valence-corrected chi connectivity index (χ3v) is 3.46. The van der Waals surface area contributed by atoms with Gasteiger partial charge in [0.15, 0.2) is 0 Å². The number of anilines is 2. The summed E-state index contributed by atoms with van der Waals surface area (Å²) >= 11 is 0. The molecule has 3 unspecified atom stereocenters. The van der Waals surface area contributed by atoms with E-state index >= 15 is 0 Å². The van der Waals surface area contributed by atoms with Gasteiger partial charge in [-0.15, -0.1) is 0 Å². The number of rotatable bonds is 2. The van der Waals surface area contributed by atoms with E-state index in [-0.39, 0.29) is 6.01 Å². The second kappa shape index (κ2) is 4.08. The van der Waals surface area contributed by atoms with Crippen LogP contribution in [0.25, 0.3) is 0 Å². The minimum atomic E-state index is 0.119. The molecule has 1 heterocycles. The molecule has 3 atom stereocenters. The third-order valence-electron chi connectivity index (χ3n) is 3.46. The topological polar surface area (TPSA) is 77.0 Å². The monoisotopic (exact) mass is 210 g/mol. The maximum atomic E-state index is 5.37. The van der Waals surface area contributed by atoms with Gasteiger partial charge in [-0.05, 0) is 18.3 Å². The maximum absolute atomic E-state index is 5.37. The lowest BCUT2D eigenvalue weighted by molar-refractivity contribution is 0.250. The first-order valence-electron chi connectivity index (χ1n) is 5.52. The standard InChI is InChI=1S/C10H18N4O/c1-6-4-3-5-8(7(6)2)12-10-14-13-9(11)15-10/h6-8H,3-5H2,1-2H3,(H2,11,13)(H,12,14). The van der Waals surface area contributed by atoms with Crippen LogP contribution in [0.3, 0.4) is 0 Å². The Morgan fingerprint density at radius 3 is 2.80 bits per heavy atom. The summed E-state index contributed by atoms with van der Waals surface area (Å²) in [5.74, 6) is 1.38. The molecule has 1 aliphatic carbocycles. The van der Waals surface area contributed by atoms with Crippen LogP contribution in [0.1, 0.15) is 33.1 Å². The summed E-state index contributed by atoms with van der Waals surface area (Å²) in [5.41, 5.74) is 5.37. The average Bonchev–Trinajstić information content (AvgIpc) is 2.59. The quantitative estimate of drug-likeness (QED) is 0.779. The van der Waals surface area contributed by atoms with Gasteiger partial charge in [-0.3, -0.25) is 0 Å². The number of nitrogen functional groups attached to an aromatic ring is 1. The van der Waals surface area contributed by atoms with Gasteiger partial charge in [-0.1, -0.05) is 36.9 Å². The summed E-state index contributed by atoms with van der Waals surface area (Å²) in [6.07, 6.45) is 3.73. The number of aromatic nitrogens is 2. The summed E-state index contributed by atoms with van der Waals surface area (Å²) in [7, 11) is 0. The summed E-state index contributed by atoms with van der Waals surface area (Å²) < 4.78 is 5.11. The van der Waals surface area contributed by atoms with Gasteiger partial charge in [0.05, 0.1) is 0 Å². The predicted molar refractivity (Wildman–Crippen MR) is 58.3 cm³/mol. The molecule has 0 spiro atoms. The van der Waals surface area contributed by atoms with Crippen LogP contribution in [-0.2, 0) is 0 Å². The molecule has 0 saturated heterocycles. The molecule has 1 aliphatic rings. The van der Waals surface area contributed by atoms with E-state index in [0.717, 1.165) is 12.3 Å². The lowest BCUT2D eigenvalue weighted by Gasteiger charge is -2.33. The van der Waals surface area contributed by atoms with E-state index in [1.807, 2.05) is 0 Å². The summed E-state index contributed by atoms with van der Waals surface area (Å²) in [5, 5.41) is 10.7. The molecule has 0 bridgehead atoms. The van der Waals surface area contributed by atoms with Crippen molar-refractivity contribution >= 4 is 12.0 Å². The molecule has 1 aromatic heterocycles. The second-order valence-electron chi connectivity index (χ2n) is 4.46. The number of hydrogen-bond donors (Lipinski definition) is 2. The van der Waals surface area contributed by atoms with Gasteiger partial charge in [-0.2, -0.15) is 0 Å². The van der Waals surface area contributed by atoms with Crippen molar-refractivity contribution in [1.29, 1.82) is 0 Å². The Balaban J connectivity index is 1.99. The molecule has 2 rings (SSSR count). The van der Waals surface area contributed by atoms with Gasteiger partial charge in [0, 0.05) is 6.04 Å². The lowest BCUT2D eigenvalue weighted by atomic mass is 9.78. The smallest absolute Gasteiger partial charge is 0.317 e. The van der Waals surface area contributed by atoms with Crippen molar-refractivity contribution in [2.24, 2.45) is 11.8 Å². The average molecular weight is 210 g/mol. The number of nitrogens with one attached hydrogen (secondary N) is 1. The molecule has 0 aliphatic heterocycles. The highest BCUT2D eigenvalue weighted by Crippen LogP contribution is 2.31. The van der Waals surface area contributed by atoms with Crippen LogP contribution in [-0.4, -0.2) is 16.2 Å². The predicted octanol–water partition coefficient (Wildman–Crippen LogP) is 1.89. The van der Waals surface area contributed by atoms with Crippen molar-refractivity contribution in [3.05, 3.63) is 0 Å². The third kappa shape index (κ3) is 2.22.